The lowest BCUT2D eigenvalue weighted by Gasteiger charge is -2.16. The van der Waals surface area contributed by atoms with Crippen molar-refractivity contribution in [3.63, 3.8) is 0 Å². The van der Waals surface area contributed by atoms with Gasteiger partial charge in [-0.1, -0.05) is 25.4 Å². The molecule has 0 spiro atoms. The number of nitrogens with zero attached hydrogens (tertiary/aromatic N) is 2. The largest absolute Gasteiger partial charge is 0.337 e. The number of hydrogen-bond donors (Lipinski definition) is 0. The molecule has 92 valence electrons. The van der Waals surface area contributed by atoms with Gasteiger partial charge in [0.25, 0.3) is 5.91 Å². The van der Waals surface area contributed by atoms with E-state index in [1.54, 1.807) is 6.20 Å². The minimum Gasteiger partial charge on any atom is -0.337 e. The van der Waals surface area contributed by atoms with Crippen molar-refractivity contribution in [3.8, 4) is 0 Å². The Morgan fingerprint density at radius 2 is 2.06 bits per heavy atom. The second-order valence-corrected chi connectivity index (χ2v) is 5.16. The van der Waals surface area contributed by atoms with E-state index in [1.165, 1.54) is 0 Å². The molecule has 1 aliphatic heterocycles. The molecule has 1 saturated heterocycles. The summed E-state index contributed by atoms with van der Waals surface area (Å²) in [6, 6.07) is 1.85. The lowest BCUT2D eigenvalue weighted by molar-refractivity contribution is 0.0787. The normalized spacial score (nSPS) is 15.6. The predicted octanol–water partition coefficient (Wildman–Crippen LogP) is 3.09. The number of likely N-dealkylation sites (tertiary alicyclic amines) is 1. The Balaban J connectivity index is 2.23. The number of aromatic nitrogens is 1. The van der Waals surface area contributed by atoms with Crippen LogP contribution < -0.4 is 0 Å². The van der Waals surface area contributed by atoms with Crippen LogP contribution in [0.2, 0.25) is 5.02 Å². The number of rotatable bonds is 2. The molecule has 17 heavy (non-hydrogen) atoms. The van der Waals surface area contributed by atoms with E-state index in [4.69, 9.17) is 11.6 Å². The van der Waals surface area contributed by atoms with Crippen molar-refractivity contribution in [2.75, 3.05) is 13.1 Å². The van der Waals surface area contributed by atoms with E-state index in [0.29, 0.717) is 16.6 Å². The Morgan fingerprint density at radius 1 is 1.41 bits per heavy atom. The van der Waals surface area contributed by atoms with Gasteiger partial charge in [0, 0.05) is 19.3 Å². The van der Waals surface area contributed by atoms with Crippen LogP contribution in [-0.4, -0.2) is 28.9 Å². The van der Waals surface area contributed by atoms with Crippen LogP contribution in [0.1, 0.15) is 48.7 Å². The highest BCUT2D eigenvalue weighted by Crippen LogP contribution is 2.22. The maximum Gasteiger partial charge on any atom is 0.273 e. The predicted molar refractivity (Wildman–Crippen MR) is 68.5 cm³/mol. The summed E-state index contributed by atoms with van der Waals surface area (Å²) in [6.45, 7) is 5.80. The van der Waals surface area contributed by atoms with E-state index in [2.05, 4.69) is 18.8 Å². The van der Waals surface area contributed by atoms with Crippen LogP contribution in [0, 0.1) is 0 Å². The number of carbonyl (C=O) groups excluding carboxylic acids is 1. The molecule has 1 aromatic rings. The minimum atomic E-state index is -0.0391. The molecule has 0 unspecified atom stereocenters. The molecule has 0 aromatic carbocycles. The first-order valence-corrected chi connectivity index (χ1v) is 6.42. The zero-order chi connectivity index (χ0) is 12.4. The van der Waals surface area contributed by atoms with Crippen LogP contribution in [0.25, 0.3) is 0 Å². The van der Waals surface area contributed by atoms with Crippen molar-refractivity contribution in [1.82, 2.24) is 9.88 Å². The SMILES string of the molecule is CC(C)c1cnc(C(=O)N2CCCC2)c(Cl)c1. The molecule has 2 rings (SSSR count). The van der Waals surface area contributed by atoms with Crippen molar-refractivity contribution >= 4 is 17.5 Å². The van der Waals surface area contributed by atoms with Gasteiger partial charge in [-0.15, -0.1) is 0 Å². The Labute approximate surface area is 107 Å². The Hall–Kier alpha value is -1.09. The fourth-order valence-corrected chi connectivity index (χ4v) is 2.25. The second-order valence-electron chi connectivity index (χ2n) is 4.75. The molecule has 0 aliphatic carbocycles. The highest BCUT2D eigenvalue weighted by molar-refractivity contribution is 6.33. The Kier molecular flexibility index (Phi) is 3.67. The lowest BCUT2D eigenvalue weighted by atomic mass is 10.1. The van der Waals surface area contributed by atoms with Gasteiger partial charge in [-0.3, -0.25) is 4.79 Å². The average Bonchev–Trinajstić information content (AvgIpc) is 2.81. The quantitative estimate of drug-likeness (QED) is 0.810. The Morgan fingerprint density at radius 3 is 2.59 bits per heavy atom. The first kappa shape index (κ1) is 12.4. The fraction of sp³-hybridized carbons (Fsp3) is 0.538. The summed E-state index contributed by atoms with van der Waals surface area (Å²) in [5.74, 6) is 0.332. The van der Waals surface area contributed by atoms with Gasteiger partial charge in [-0.2, -0.15) is 0 Å². The van der Waals surface area contributed by atoms with Gasteiger partial charge >= 0.3 is 0 Å². The first-order chi connectivity index (χ1) is 8.09. The third-order valence-electron chi connectivity index (χ3n) is 3.12. The third-order valence-corrected chi connectivity index (χ3v) is 3.41. The van der Waals surface area contributed by atoms with Crippen LogP contribution in [-0.2, 0) is 0 Å². The standard InChI is InChI=1S/C13H17ClN2O/c1-9(2)10-7-11(14)12(15-8-10)13(17)16-5-3-4-6-16/h7-9H,3-6H2,1-2H3. The van der Waals surface area contributed by atoms with E-state index in [-0.39, 0.29) is 5.91 Å². The second kappa shape index (κ2) is 5.05. The summed E-state index contributed by atoms with van der Waals surface area (Å²) in [5, 5.41) is 0.466. The highest BCUT2D eigenvalue weighted by atomic mass is 35.5. The average molecular weight is 253 g/mol. The topological polar surface area (TPSA) is 33.2 Å². The monoisotopic (exact) mass is 252 g/mol. The maximum absolute atomic E-state index is 12.1. The van der Waals surface area contributed by atoms with Gasteiger partial charge in [0.2, 0.25) is 0 Å². The zero-order valence-electron chi connectivity index (χ0n) is 10.2. The van der Waals surface area contributed by atoms with Crippen molar-refractivity contribution in [2.24, 2.45) is 0 Å². The van der Waals surface area contributed by atoms with Crippen molar-refractivity contribution in [2.45, 2.75) is 32.6 Å². The molecule has 1 amide bonds. The minimum absolute atomic E-state index is 0.0391. The number of pyridine rings is 1. The number of carbonyl (C=O) groups is 1. The summed E-state index contributed by atoms with van der Waals surface area (Å²) in [5.41, 5.74) is 1.45. The van der Waals surface area contributed by atoms with Crippen LogP contribution in [0.5, 0.6) is 0 Å². The molecular formula is C13H17ClN2O. The fourth-order valence-electron chi connectivity index (χ4n) is 2.00. The molecule has 4 heteroatoms. The van der Waals surface area contributed by atoms with Gasteiger partial charge in [-0.25, -0.2) is 4.98 Å². The molecule has 0 atom stereocenters. The molecule has 3 nitrogen and oxygen atoms in total. The van der Waals surface area contributed by atoms with E-state index in [1.807, 2.05) is 11.0 Å². The molecular weight excluding hydrogens is 236 g/mol. The molecule has 0 saturated carbocycles. The van der Waals surface area contributed by atoms with Crippen molar-refractivity contribution in [3.05, 3.63) is 28.5 Å². The van der Waals surface area contributed by atoms with Crippen LogP contribution >= 0.6 is 11.6 Å². The lowest BCUT2D eigenvalue weighted by Crippen LogP contribution is -2.28. The van der Waals surface area contributed by atoms with E-state index in [0.717, 1.165) is 31.5 Å². The number of amides is 1. The van der Waals surface area contributed by atoms with Crippen molar-refractivity contribution < 1.29 is 4.79 Å². The van der Waals surface area contributed by atoms with Crippen LogP contribution in [0.15, 0.2) is 12.3 Å². The van der Waals surface area contributed by atoms with E-state index in [9.17, 15) is 4.79 Å². The maximum atomic E-state index is 12.1. The molecule has 1 fully saturated rings. The number of hydrogen-bond acceptors (Lipinski definition) is 2. The van der Waals surface area contributed by atoms with Gasteiger partial charge in [0.1, 0.15) is 5.69 Å². The first-order valence-electron chi connectivity index (χ1n) is 6.04. The summed E-state index contributed by atoms with van der Waals surface area (Å²) < 4.78 is 0. The molecule has 0 N–H and O–H groups in total. The summed E-state index contributed by atoms with van der Waals surface area (Å²) in [7, 11) is 0. The Bertz CT molecular complexity index is 425. The molecule has 1 aliphatic rings. The zero-order valence-corrected chi connectivity index (χ0v) is 11.0. The highest BCUT2D eigenvalue weighted by Gasteiger charge is 2.22. The third kappa shape index (κ3) is 2.60. The van der Waals surface area contributed by atoms with Crippen LogP contribution in [0.3, 0.4) is 0 Å². The van der Waals surface area contributed by atoms with E-state index < -0.39 is 0 Å². The summed E-state index contributed by atoms with van der Waals surface area (Å²) in [6.07, 6.45) is 3.90. The van der Waals surface area contributed by atoms with Gasteiger partial charge in [0.05, 0.1) is 5.02 Å². The van der Waals surface area contributed by atoms with E-state index >= 15 is 0 Å². The molecule has 0 radical (unpaired) electrons. The molecule has 0 bridgehead atoms. The molecule has 1 aromatic heterocycles. The summed E-state index contributed by atoms with van der Waals surface area (Å²) in [4.78, 5) is 18.2. The van der Waals surface area contributed by atoms with Crippen molar-refractivity contribution in [1.29, 1.82) is 0 Å². The number of halogens is 1. The molecule has 2 heterocycles. The van der Waals surface area contributed by atoms with Gasteiger partial charge < -0.3 is 4.90 Å². The van der Waals surface area contributed by atoms with Gasteiger partial charge in [0.15, 0.2) is 0 Å². The van der Waals surface area contributed by atoms with Crippen LogP contribution in [0.4, 0.5) is 0 Å². The summed E-state index contributed by atoms with van der Waals surface area (Å²) >= 11 is 6.14. The smallest absolute Gasteiger partial charge is 0.273 e. The van der Waals surface area contributed by atoms with Gasteiger partial charge in [-0.05, 0) is 30.4 Å².